The average molecular weight is 269 g/mol. The van der Waals surface area contributed by atoms with E-state index in [0.717, 1.165) is 16.5 Å². The summed E-state index contributed by atoms with van der Waals surface area (Å²) in [7, 11) is 0. The molecule has 0 saturated carbocycles. The third-order valence-electron chi connectivity index (χ3n) is 2.92. The van der Waals surface area contributed by atoms with Gasteiger partial charge in [0, 0.05) is 11.1 Å². The van der Waals surface area contributed by atoms with Gasteiger partial charge in [0.25, 0.3) is 0 Å². The summed E-state index contributed by atoms with van der Waals surface area (Å²) in [5.74, 6) is -0.905. The number of hydrogen-bond acceptors (Lipinski definition) is 3. The molecule has 0 amide bonds. The lowest BCUT2D eigenvalue weighted by atomic mass is 10.1. The number of anilines is 2. The van der Waals surface area contributed by atoms with Crippen LogP contribution in [-0.2, 0) is 0 Å². The summed E-state index contributed by atoms with van der Waals surface area (Å²) in [6.07, 6.45) is 0. The highest BCUT2D eigenvalue weighted by molar-refractivity contribution is 7.12. The number of carbonyl (C=O) groups is 1. The standard InChI is InChI=1S/C15H11NO2S/c17-15(18)14-13(8-9-19-14)16-12-7-3-5-10-4-1-2-6-11(10)12/h1-9,16H,(H,17,18). The number of rotatable bonds is 3. The fraction of sp³-hybridized carbons (Fsp3) is 0. The Balaban J connectivity index is 2.06. The Labute approximate surface area is 114 Å². The SMILES string of the molecule is O=C(O)c1sccc1Nc1cccc2ccccc12. The first kappa shape index (κ1) is 11.7. The normalized spacial score (nSPS) is 10.5. The highest BCUT2D eigenvalue weighted by Crippen LogP contribution is 2.30. The van der Waals surface area contributed by atoms with Crippen LogP contribution in [0, 0.1) is 0 Å². The van der Waals surface area contributed by atoms with Crippen LogP contribution >= 0.6 is 11.3 Å². The van der Waals surface area contributed by atoms with Gasteiger partial charge in [0.15, 0.2) is 0 Å². The molecule has 2 aromatic carbocycles. The fourth-order valence-corrected chi connectivity index (χ4v) is 2.74. The van der Waals surface area contributed by atoms with Gasteiger partial charge in [-0.05, 0) is 22.9 Å². The first-order chi connectivity index (χ1) is 9.25. The van der Waals surface area contributed by atoms with E-state index in [1.807, 2.05) is 42.5 Å². The molecule has 0 aliphatic rings. The maximum Gasteiger partial charge on any atom is 0.348 e. The zero-order valence-corrected chi connectivity index (χ0v) is 10.8. The molecular weight excluding hydrogens is 258 g/mol. The molecule has 4 heteroatoms. The minimum atomic E-state index is -0.905. The zero-order valence-electron chi connectivity index (χ0n) is 9.96. The lowest BCUT2D eigenvalue weighted by Crippen LogP contribution is -1.98. The molecule has 0 saturated heterocycles. The number of hydrogen-bond donors (Lipinski definition) is 2. The monoisotopic (exact) mass is 269 g/mol. The van der Waals surface area contributed by atoms with Gasteiger partial charge in [-0.1, -0.05) is 36.4 Å². The highest BCUT2D eigenvalue weighted by atomic mass is 32.1. The van der Waals surface area contributed by atoms with E-state index in [4.69, 9.17) is 5.11 Å². The van der Waals surface area contributed by atoms with E-state index in [1.165, 1.54) is 11.3 Å². The first-order valence-electron chi connectivity index (χ1n) is 5.81. The Hall–Kier alpha value is -2.33. The molecule has 0 spiro atoms. The molecule has 3 aromatic rings. The molecule has 3 rings (SSSR count). The molecule has 1 aromatic heterocycles. The van der Waals surface area contributed by atoms with Crippen LogP contribution in [-0.4, -0.2) is 11.1 Å². The smallest absolute Gasteiger partial charge is 0.348 e. The van der Waals surface area contributed by atoms with Crippen molar-refractivity contribution >= 4 is 39.5 Å². The molecule has 3 nitrogen and oxygen atoms in total. The van der Waals surface area contributed by atoms with Gasteiger partial charge in [-0.25, -0.2) is 4.79 Å². The second-order valence-electron chi connectivity index (χ2n) is 4.12. The molecule has 0 fully saturated rings. The number of aromatic carboxylic acids is 1. The molecule has 1 heterocycles. The van der Waals surface area contributed by atoms with Crippen LogP contribution in [0.25, 0.3) is 10.8 Å². The summed E-state index contributed by atoms with van der Waals surface area (Å²) in [5, 5.41) is 16.3. The van der Waals surface area contributed by atoms with Crippen LogP contribution in [0.5, 0.6) is 0 Å². The van der Waals surface area contributed by atoms with Gasteiger partial charge >= 0.3 is 5.97 Å². The Morgan fingerprint density at radius 3 is 2.63 bits per heavy atom. The van der Waals surface area contributed by atoms with Crippen molar-refractivity contribution in [3.05, 3.63) is 58.8 Å². The Bertz CT molecular complexity index is 743. The summed E-state index contributed by atoms with van der Waals surface area (Å²) in [6, 6.07) is 15.7. The molecule has 0 atom stereocenters. The van der Waals surface area contributed by atoms with E-state index in [0.29, 0.717) is 10.6 Å². The average Bonchev–Trinajstić information content (AvgIpc) is 2.87. The summed E-state index contributed by atoms with van der Waals surface area (Å²) in [4.78, 5) is 11.4. The van der Waals surface area contributed by atoms with E-state index in [1.54, 1.807) is 11.4 Å². The van der Waals surface area contributed by atoms with Crippen LogP contribution in [0.3, 0.4) is 0 Å². The van der Waals surface area contributed by atoms with Gasteiger partial charge in [-0.2, -0.15) is 0 Å². The summed E-state index contributed by atoms with van der Waals surface area (Å²) < 4.78 is 0. The molecule has 0 aliphatic carbocycles. The topological polar surface area (TPSA) is 49.3 Å². The van der Waals surface area contributed by atoms with E-state index in [9.17, 15) is 4.79 Å². The van der Waals surface area contributed by atoms with Crippen molar-refractivity contribution in [3.8, 4) is 0 Å². The first-order valence-corrected chi connectivity index (χ1v) is 6.69. The number of fused-ring (bicyclic) bond motifs is 1. The Morgan fingerprint density at radius 2 is 1.79 bits per heavy atom. The van der Waals surface area contributed by atoms with Gasteiger partial charge in [-0.3, -0.25) is 0 Å². The third-order valence-corrected chi connectivity index (χ3v) is 3.82. The largest absolute Gasteiger partial charge is 0.477 e. The van der Waals surface area contributed by atoms with E-state index < -0.39 is 5.97 Å². The summed E-state index contributed by atoms with van der Waals surface area (Å²) in [6.45, 7) is 0. The maximum absolute atomic E-state index is 11.1. The van der Waals surface area contributed by atoms with Crippen molar-refractivity contribution in [3.63, 3.8) is 0 Å². The number of nitrogens with one attached hydrogen (secondary N) is 1. The van der Waals surface area contributed by atoms with Crippen LogP contribution in [0.4, 0.5) is 11.4 Å². The molecule has 0 aliphatic heterocycles. The fourth-order valence-electron chi connectivity index (χ4n) is 2.05. The van der Waals surface area contributed by atoms with E-state index in [2.05, 4.69) is 5.32 Å². The van der Waals surface area contributed by atoms with Crippen molar-refractivity contribution in [2.75, 3.05) is 5.32 Å². The molecule has 19 heavy (non-hydrogen) atoms. The molecule has 94 valence electrons. The summed E-state index contributed by atoms with van der Waals surface area (Å²) in [5.41, 5.74) is 1.55. The Morgan fingerprint density at radius 1 is 1.00 bits per heavy atom. The van der Waals surface area contributed by atoms with Crippen molar-refractivity contribution < 1.29 is 9.90 Å². The lowest BCUT2D eigenvalue weighted by Gasteiger charge is -2.09. The van der Waals surface area contributed by atoms with Crippen molar-refractivity contribution in [2.24, 2.45) is 0 Å². The predicted molar refractivity (Wildman–Crippen MR) is 78.5 cm³/mol. The van der Waals surface area contributed by atoms with Gasteiger partial charge < -0.3 is 10.4 Å². The van der Waals surface area contributed by atoms with Crippen molar-refractivity contribution in [1.29, 1.82) is 0 Å². The minimum absolute atomic E-state index is 0.327. The molecule has 0 unspecified atom stereocenters. The van der Waals surface area contributed by atoms with Gasteiger partial charge in [-0.15, -0.1) is 11.3 Å². The molecule has 2 N–H and O–H groups in total. The number of benzene rings is 2. The zero-order chi connectivity index (χ0) is 13.2. The second-order valence-corrected chi connectivity index (χ2v) is 5.04. The highest BCUT2D eigenvalue weighted by Gasteiger charge is 2.12. The van der Waals surface area contributed by atoms with Crippen molar-refractivity contribution in [1.82, 2.24) is 0 Å². The lowest BCUT2D eigenvalue weighted by molar-refractivity contribution is 0.0703. The van der Waals surface area contributed by atoms with Crippen LogP contribution in [0.2, 0.25) is 0 Å². The van der Waals surface area contributed by atoms with Crippen LogP contribution in [0.15, 0.2) is 53.9 Å². The summed E-state index contributed by atoms with van der Waals surface area (Å²) >= 11 is 1.22. The van der Waals surface area contributed by atoms with Gasteiger partial charge in [0.1, 0.15) is 4.88 Å². The van der Waals surface area contributed by atoms with Gasteiger partial charge in [0.05, 0.1) is 5.69 Å². The molecule has 0 bridgehead atoms. The second kappa shape index (κ2) is 4.74. The quantitative estimate of drug-likeness (QED) is 0.743. The van der Waals surface area contributed by atoms with Crippen molar-refractivity contribution in [2.45, 2.75) is 0 Å². The van der Waals surface area contributed by atoms with Gasteiger partial charge in [0.2, 0.25) is 0 Å². The van der Waals surface area contributed by atoms with E-state index >= 15 is 0 Å². The Kier molecular flexibility index (Phi) is 2.93. The van der Waals surface area contributed by atoms with Crippen LogP contribution < -0.4 is 5.32 Å². The number of thiophene rings is 1. The predicted octanol–water partition coefficient (Wildman–Crippen LogP) is 4.34. The third kappa shape index (κ3) is 2.18. The van der Waals surface area contributed by atoms with Crippen LogP contribution in [0.1, 0.15) is 9.67 Å². The number of carboxylic acid groups (broad SMARTS) is 1. The molecular formula is C15H11NO2S. The van der Waals surface area contributed by atoms with E-state index in [-0.39, 0.29) is 0 Å². The number of carboxylic acids is 1. The minimum Gasteiger partial charge on any atom is -0.477 e. The molecule has 0 radical (unpaired) electrons. The maximum atomic E-state index is 11.1.